The molecule has 88 heavy (non-hydrogen) atoms. The second-order valence-corrected chi connectivity index (χ2v) is 24.2. The molecule has 4 heterocycles. The van der Waals surface area contributed by atoms with E-state index in [9.17, 15) is 9.59 Å². The molecule has 8 aromatic rings. The van der Waals surface area contributed by atoms with Gasteiger partial charge in [0, 0.05) is 34.8 Å². The molecule has 12 rings (SSSR count). The van der Waals surface area contributed by atoms with Crippen molar-refractivity contribution >= 4 is 50.7 Å². The molecular weight excluding hydrogens is 1170 g/mol. The van der Waals surface area contributed by atoms with E-state index in [0.29, 0.717) is 120 Å². The summed E-state index contributed by atoms with van der Waals surface area (Å²) in [5, 5.41) is 2.29. The molecule has 4 fully saturated rings. The first-order valence-corrected chi connectivity index (χ1v) is 31.4. The summed E-state index contributed by atoms with van der Waals surface area (Å²) in [6.45, 7) is 11.8. The van der Waals surface area contributed by atoms with Crippen LogP contribution in [-0.4, -0.2) is 79.0 Å². The van der Waals surface area contributed by atoms with Crippen LogP contribution in [0.15, 0.2) is 158 Å². The Morgan fingerprint density at radius 1 is 0.352 bits per heavy atom. The first-order valence-electron chi connectivity index (χ1n) is 29.2. The smallest absolute Gasteiger partial charge is 0.465 e. The van der Waals surface area contributed by atoms with Crippen molar-refractivity contribution in [1.82, 2.24) is 0 Å². The van der Waals surface area contributed by atoms with Gasteiger partial charge in [-0.15, -0.1) is 0 Å². The van der Waals surface area contributed by atoms with E-state index in [1.807, 2.05) is 149 Å². The zero-order valence-corrected chi connectivity index (χ0v) is 51.3. The van der Waals surface area contributed by atoms with Crippen LogP contribution in [0.3, 0.4) is 0 Å². The van der Waals surface area contributed by atoms with Crippen molar-refractivity contribution in [3.8, 4) is 45.6 Å². The van der Waals surface area contributed by atoms with Crippen molar-refractivity contribution < 1.29 is 84.1 Å². The molecule has 0 aliphatic carbocycles. The fourth-order valence-electron chi connectivity index (χ4n) is 10.6. The molecule has 0 saturated carbocycles. The maximum Gasteiger partial charge on any atom is 0.530 e. The highest BCUT2D eigenvalue weighted by Crippen LogP contribution is 2.57. The van der Waals surface area contributed by atoms with Crippen LogP contribution >= 0.6 is 17.2 Å². The lowest BCUT2D eigenvalue weighted by atomic mass is 9.89. The number of carbonyl (C=O) groups excluding carboxylic acids is 2. The van der Waals surface area contributed by atoms with Gasteiger partial charge in [0.2, 0.25) is 0 Å². The first-order chi connectivity index (χ1) is 43.0. The van der Waals surface area contributed by atoms with Gasteiger partial charge >= 0.3 is 29.1 Å². The molecule has 0 bridgehead atoms. The molecule has 0 amide bonds. The zero-order valence-electron chi connectivity index (χ0n) is 49.5. The minimum Gasteiger partial charge on any atom is -0.465 e. The second-order valence-electron chi connectivity index (χ2n) is 22.2. The molecule has 0 radical (unpaired) electrons. The minimum atomic E-state index is -2.73. The number of hydrogen-bond donors (Lipinski definition) is 0. The lowest BCUT2D eigenvalue weighted by Gasteiger charge is -2.31. The number of fused-ring (bicyclic) bond motifs is 2. The average Bonchev–Trinajstić information content (AvgIpc) is 0.889. The molecule has 20 heteroatoms. The van der Waals surface area contributed by atoms with E-state index in [-0.39, 0.29) is 57.4 Å². The van der Waals surface area contributed by atoms with Crippen LogP contribution in [-0.2, 0) is 47.4 Å². The van der Waals surface area contributed by atoms with Gasteiger partial charge in [-0.25, -0.2) is 9.59 Å². The van der Waals surface area contributed by atoms with Gasteiger partial charge < -0.3 is 74.5 Å². The van der Waals surface area contributed by atoms with Gasteiger partial charge in [-0.3, -0.25) is 0 Å². The number of para-hydroxylation sites is 4. The van der Waals surface area contributed by atoms with Crippen molar-refractivity contribution in [2.45, 2.75) is 52.9 Å². The number of methoxy groups -OCH3 is 2. The van der Waals surface area contributed by atoms with Crippen molar-refractivity contribution in [3.05, 3.63) is 191 Å². The summed E-state index contributed by atoms with van der Waals surface area (Å²) in [7, 11) is -2.89. The highest BCUT2D eigenvalue weighted by molar-refractivity contribution is 7.43. The number of benzene rings is 8. The molecule has 18 nitrogen and oxygen atoms in total. The number of esters is 2. The molecule has 4 aliphatic rings. The summed E-state index contributed by atoms with van der Waals surface area (Å²) < 4.78 is 104. The molecule has 4 aliphatic heterocycles. The Morgan fingerprint density at radius 3 is 0.875 bits per heavy atom. The number of hydrogen-bond acceptors (Lipinski definition) is 18. The van der Waals surface area contributed by atoms with Crippen LogP contribution in [0.2, 0.25) is 0 Å². The maximum absolute atomic E-state index is 14.8. The third-order valence-electron chi connectivity index (χ3n) is 15.0. The van der Waals surface area contributed by atoms with Crippen LogP contribution in [0.25, 0.3) is 32.7 Å². The maximum atomic E-state index is 14.8. The van der Waals surface area contributed by atoms with E-state index in [1.165, 1.54) is 14.2 Å². The fraction of sp³-hybridized carbons (Fsp3) is 0.324. The predicted octanol–water partition coefficient (Wildman–Crippen LogP) is 15.5. The van der Waals surface area contributed by atoms with Gasteiger partial charge in [0.1, 0.15) is 34.1 Å². The van der Waals surface area contributed by atoms with E-state index in [4.69, 9.17) is 74.5 Å². The highest BCUT2D eigenvalue weighted by Gasteiger charge is 2.38. The molecule has 4 saturated heterocycles. The Morgan fingerprint density at radius 2 is 0.602 bits per heavy atom. The molecule has 0 spiro atoms. The normalized spacial score (nSPS) is 22.8. The van der Waals surface area contributed by atoms with Crippen LogP contribution < -0.4 is 27.1 Å². The topological polar surface area (TPSA) is 182 Å². The van der Waals surface area contributed by atoms with Crippen molar-refractivity contribution in [1.29, 1.82) is 0 Å². The second kappa shape index (κ2) is 27.9. The van der Waals surface area contributed by atoms with Crippen LogP contribution in [0.1, 0.15) is 95.8 Å². The van der Waals surface area contributed by atoms with Crippen molar-refractivity contribution in [2.24, 2.45) is 23.7 Å². The minimum absolute atomic E-state index is 0.0296. The molecule has 0 unspecified atom stereocenters. The Bertz CT molecular complexity index is 3360. The monoisotopic (exact) mass is 1230 g/mol. The van der Waals surface area contributed by atoms with Crippen LogP contribution in [0.4, 0.5) is 0 Å². The van der Waals surface area contributed by atoms with Crippen LogP contribution in [0, 0.1) is 23.7 Å². The largest absolute Gasteiger partial charge is 0.530 e. The summed E-state index contributed by atoms with van der Waals surface area (Å²) in [4.78, 5) is 29.6. The third-order valence-corrected chi connectivity index (χ3v) is 17.1. The lowest BCUT2D eigenvalue weighted by Crippen LogP contribution is -2.25. The Labute approximate surface area is 512 Å². The van der Waals surface area contributed by atoms with E-state index in [1.54, 1.807) is 36.4 Å². The summed E-state index contributed by atoms with van der Waals surface area (Å²) in [5.74, 6) is 0.221. The quantitative estimate of drug-likeness (QED) is 0.0550. The lowest BCUT2D eigenvalue weighted by molar-refractivity contribution is -0.202. The zero-order chi connectivity index (χ0) is 60.7. The standard InChI is InChI=1S/C68H68O18P2/c1-41-33-73-65(74-34-41)49-23-11-15-27-55(49)81-87(82-56-28-16-12-24-50(56)66-75-35-42(2)36-76-66)85-61-53(63(69)71-5)31-45-19-7-9-21-47(45)59(61)60-48-22-10-8-20-46(48)32-54(64(70)72-6)62(60)86-88(83-57-29-17-13-25-51(57)67-77-37-43(3)38-78-67)84-58-30-18-14-26-52(58)68-79-39-44(4)40-80-68/h7-32,41-44,65-68H,33-40H2,1-6H3. The molecule has 458 valence electrons. The van der Waals surface area contributed by atoms with E-state index < -0.39 is 54.3 Å². The van der Waals surface area contributed by atoms with Gasteiger partial charge in [0.15, 0.2) is 36.7 Å². The van der Waals surface area contributed by atoms with E-state index >= 15 is 0 Å². The SMILES string of the molecule is COC(=O)c1cc2ccccc2c(-c2c(OP(Oc3ccccc3C3OCC(C)CO3)Oc3ccccc3C3OCC(C)CO3)c(C(=O)OC)cc3ccccc23)c1OP(Oc1ccccc1C1OCC(C)CO1)Oc1ccccc1C1OCC(C)CO1. The molecule has 0 aromatic heterocycles. The summed E-state index contributed by atoms with van der Waals surface area (Å²) in [6, 6.07) is 47.4. The fourth-order valence-corrected chi connectivity index (χ4v) is 12.8. The molecular formula is C68H68O18P2. The van der Waals surface area contributed by atoms with Gasteiger partial charge in [-0.1, -0.05) is 149 Å². The van der Waals surface area contributed by atoms with Gasteiger partial charge in [0.05, 0.1) is 89.3 Å². The molecule has 8 aromatic carbocycles. The summed E-state index contributed by atoms with van der Waals surface area (Å²) >= 11 is 0. The Hall–Kier alpha value is -7.44. The van der Waals surface area contributed by atoms with E-state index in [0.717, 1.165) is 0 Å². The van der Waals surface area contributed by atoms with E-state index in [2.05, 4.69) is 0 Å². The molecule has 0 N–H and O–H groups in total. The highest BCUT2D eigenvalue weighted by atomic mass is 31.2. The molecule has 0 atom stereocenters. The third kappa shape index (κ3) is 13.6. The number of ether oxygens (including phenoxy) is 10. The number of carbonyl (C=O) groups is 2. The first kappa shape index (κ1) is 60.8. The van der Waals surface area contributed by atoms with Gasteiger partial charge in [-0.2, -0.15) is 0 Å². The van der Waals surface area contributed by atoms with Crippen molar-refractivity contribution in [2.75, 3.05) is 67.1 Å². The van der Waals surface area contributed by atoms with Gasteiger partial charge in [0.25, 0.3) is 0 Å². The number of rotatable bonds is 19. The summed E-state index contributed by atoms with van der Waals surface area (Å²) in [6.07, 6.45) is -3.19. The summed E-state index contributed by atoms with van der Waals surface area (Å²) in [5.41, 5.74) is 2.75. The average molecular weight is 1240 g/mol. The predicted molar refractivity (Wildman–Crippen MR) is 328 cm³/mol. The van der Waals surface area contributed by atoms with Gasteiger partial charge in [-0.05, 0) is 57.9 Å². The van der Waals surface area contributed by atoms with Crippen LogP contribution in [0.5, 0.6) is 34.5 Å². The Kier molecular flexibility index (Phi) is 19.3. The Balaban J connectivity index is 1.07. The van der Waals surface area contributed by atoms with Crippen molar-refractivity contribution in [3.63, 3.8) is 0 Å².